The third-order valence-corrected chi connectivity index (χ3v) is 4.00. The zero-order valence-electron chi connectivity index (χ0n) is 13.5. The topological polar surface area (TPSA) is 59.3 Å². The second kappa shape index (κ2) is 5.99. The molecule has 2 heterocycles. The van der Waals surface area contributed by atoms with Crippen LogP contribution in [0.2, 0.25) is 0 Å². The van der Waals surface area contributed by atoms with Crippen molar-refractivity contribution in [1.82, 2.24) is 19.9 Å². The SMILES string of the molecule is CNC(=O)c1cnn2c(C(F)F)cc(-c3ccc(C)c(C)c3)nc12. The Balaban J connectivity index is 2.28. The Morgan fingerprint density at radius 2 is 1.96 bits per heavy atom. The van der Waals surface area contributed by atoms with Crippen LogP contribution in [0.25, 0.3) is 16.9 Å². The quantitative estimate of drug-likeness (QED) is 0.801. The summed E-state index contributed by atoms with van der Waals surface area (Å²) in [5, 5.41) is 6.35. The molecule has 0 aliphatic heterocycles. The third kappa shape index (κ3) is 2.62. The van der Waals surface area contributed by atoms with E-state index < -0.39 is 12.3 Å². The summed E-state index contributed by atoms with van der Waals surface area (Å²) in [7, 11) is 1.47. The van der Waals surface area contributed by atoms with Gasteiger partial charge in [-0.15, -0.1) is 0 Å². The maximum absolute atomic E-state index is 13.4. The van der Waals surface area contributed by atoms with Crippen LogP contribution < -0.4 is 5.32 Å². The highest BCUT2D eigenvalue weighted by atomic mass is 19.3. The third-order valence-electron chi connectivity index (χ3n) is 4.00. The molecule has 3 rings (SSSR count). The van der Waals surface area contributed by atoms with Crippen LogP contribution in [-0.2, 0) is 0 Å². The average molecular weight is 330 g/mol. The van der Waals surface area contributed by atoms with Gasteiger partial charge in [-0.25, -0.2) is 18.3 Å². The van der Waals surface area contributed by atoms with E-state index in [0.29, 0.717) is 11.3 Å². The van der Waals surface area contributed by atoms with Crippen LogP contribution in [0.5, 0.6) is 0 Å². The molecule has 2 aromatic heterocycles. The van der Waals surface area contributed by atoms with E-state index in [-0.39, 0.29) is 16.9 Å². The molecule has 0 unspecified atom stereocenters. The van der Waals surface area contributed by atoms with Gasteiger partial charge in [0.1, 0.15) is 11.3 Å². The van der Waals surface area contributed by atoms with Gasteiger partial charge in [0.25, 0.3) is 12.3 Å². The van der Waals surface area contributed by atoms with Gasteiger partial charge in [-0.2, -0.15) is 5.10 Å². The Labute approximate surface area is 137 Å². The Kier molecular flexibility index (Phi) is 4.01. The van der Waals surface area contributed by atoms with Gasteiger partial charge in [0.05, 0.1) is 11.9 Å². The van der Waals surface area contributed by atoms with E-state index in [0.717, 1.165) is 15.6 Å². The highest BCUT2D eigenvalue weighted by Gasteiger charge is 2.21. The van der Waals surface area contributed by atoms with Crippen molar-refractivity contribution < 1.29 is 13.6 Å². The van der Waals surface area contributed by atoms with Gasteiger partial charge in [-0.05, 0) is 37.1 Å². The number of aryl methyl sites for hydroxylation is 2. The van der Waals surface area contributed by atoms with Crippen molar-refractivity contribution in [1.29, 1.82) is 0 Å². The number of nitrogens with one attached hydrogen (secondary N) is 1. The number of rotatable bonds is 3. The second-order valence-corrected chi connectivity index (χ2v) is 5.54. The highest BCUT2D eigenvalue weighted by molar-refractivity contribution is 5.99. The minimum atomic E-state index is -2.74. The molecule has 5 nitrogen and oxygen atoms in total. The van der Waals surface area contributed by atoms with Gasteiger partial charge in [0.2, 0.25) is 0 Å². The predicted molar refractivity (Wildman–Crippen MR) is 86.2 cm³/mol. The first-order valence-electron chi connectivity index (χ1n) is 7.39. The first kappa shape index (κ1) is 16.0. The molecule has 7 heteroatoms. The summed E-state index contributed by atoms with van der Waals surface area (Å²) in [5.74, 6) is -0.421. The predicted octanol–water partition coefficient (Wildman–Crippen LogP) is 3.31. The number of fused-ring (bicyclic) bond motifs is 1. The second-order valence-electron chi connectivity index (χ2n) is 5.54. The van der Waals surface area contributed by atoms with Gasteiger partial charge >= 0.3 is 0 Å². The standard InChI is InChI=1S/C17H16F2N4O/c1-9-4-5-11(6-10(9)2)13-7-14(15(18)19)23-16(22-13)12(8-21-23)17(24)20-3/h4-8,15H,1-3H3,(H,20,24). The Hall–Kier alpha value is -2.83. The number of benzene rings is 1. The van der Waals surface area contributed by atoms with Crippen LogP contribution >= 0.6 is 0 Å². The average Bonchev–Trinajstić information content (AvgIpc) is 2.99. The van der Waals surface area contributed by atoms with Crippen molar-refractivity contribution in [3.8, 4) is 11.3 Å². The van der Waals surface area contributed by atoms with Crippen LogP contribution in [0, 0.1) is 13.8 Å². The molecular formula is C17H16F2N4O. The Morgan fingerprint density at radius 3 is 2.58 bits per heavy atom. The van der Waals surface area contributed by atoms with Crippen molar-refractivity contribution in [3.05, 3.63) is 52.8 Å². The normalized spacial score (nSPS) is 11.2. The lowest BCUT2D eigenvalue weighted by Gasteiger charge is -2.09. The lowest BCUT2D eigenvalue weighted by Crippen LogP contribution is -2.18. The molecule has 0 atom stereocenters. The smallest absolute Gasteiger partial charge is 0.280 e. The molecule has 0 saturated carbocycles. The summed E-state index contributed by atoms with van der Waals surface area (Å²) in [6.07, 6.45) is -1.49. The van der Waals surface area contributed by atoms with Crippen LogP contribution in [0.15, 0.2) is 30.5 Å². The summed E-state index contributed by atoms with van der Waals surface area (Å²) in [6.45, 7) is 3.92. The monoisotopic (exact) mass is 330 g/mol. The molecule has 1 aromatic carbocycles. The molecule has 0 radical (unpaired) electrons. The largest absolute Gasteiger partial charge is 0.355 e. The van der Waals surface area contributed by atoms with E-state index in [1.54, 1.807) is 0 Å². The molecule has 0 fully saturated rings. The number of alkyl halides is 2. The summed E-state index contributed by atoms with van der Waals surface area (Å²) >= 11 is 0. The van der Waals surface area contributed by atoms with Crippen molar-refractivity contribution >= 4 is 11.6 Å². The first-order chi connectivity index (χ1) is 11.4. The van der Waals surface area contributed by atoms with Gasteiger partial charge in [-0.3, -0.25) is 4.79 Å². The van der Waals surface area contributed by atoms with E-state index in [9.17, 15) is 13.6 Å². The zero-order chi connectivity index (χ0) is 17.4. The minimum absolute atomic E-state index is 0.111. The molecule has 1 N–H and O–H groups in total. The van der Waals surface area contributed by atoms with Crippen molar-refractivity contribution in [3.63, 3.8) is 0 Å². The fourth-order valence-corrected chi connectivity index (χ4v) is 2.49. The van der Waals surface area contributed by atoms with Crippen molar-refractivity contribution in [2.75, 3.05) is 7.05 Å². The van der Waals surface area contributed by atoms with Gasteiger partial charge in [0.15, 0.2) is 5.65 Å². The fraction of sp³-hybridized carbons (Fsp3) is 0.235. The van der Waals surface area contributed by atoms with E-state index >= 15 is 0 Å². The summed E-state index contributed by atoms with van der Waals surface area (Å²) in [6, 6.07) is 6.93. The van der Waals surface area contributed by atoms with Crippen LogP contribution in [-0.4, -0.2) is 27.6 Å². The molecule has 0 aliphatic rings. The maximum atomic E-state index is 13.4. The van der Waals surface area contributed by atoms with Gasteiger partial charge in [-0.1, -0.05) is 12.1 Å². The molecule has 0 saturated heterocycles. The van der Waals surface area contributed by atoms with E-state index in [4.69, 9.17) is 0 Å². The molecule has 0 aliphatic carbocycles. The summed E-state index contributed by atoms with van der Waals surface area (Å²) < 4.78 is 27.9. The van der Waals surface area contributed by atoms with Crippen LogP contribution in [0.3, 0.4) is 0 Å². The van der Waals surface area contributed by atoms with E-state index in [2.05, 4.69) is 15.4 Å². The van der Waals surface area contributed by atoms with Crippen molar-refractivity contribution in [2.24, 2.45) is 0 Å². The first-order valence-corrected chi connectivity index (χ1v) is 7.39. The van der Waals surface area contributed by atoms with E-state index in [1.807, 2.05) is 32.0 Å². The number of nitrogens with zero attached hydrogens (tertiary/aromatic N) is 3. The molecule has 3 aromatic rings. The lowest BCUT2D eigenvalue weighted by atomic mass is 10.0. The number of carbonyl (C=O) groups excluding carboxylic acids is 1. The van der Waals surface area contributed by atoms with Gasteiger partial charge in [0, 0.05) is 12.6 Å². The van der Waals surface area contributed by atoms with Gasteiger partial charge < -0.3 is 5.32 Å². The molecule has 24 heavy (non-hydrogen) atoms. The number of hydrogen-bond acceptors (Lipinski definition) is 3. The minimum Gasteiger partial charge on any atom is -0.355 e. The Bertz CT molecular complexity index is 934. The molecule has 124 valence electrons. The summed E-state index contributed by atoms with van der Waals surface area (Å²) in [5.41, 5.74) is 3.20. The molecular weight excluding hydrogens is 314 g/mol. The molecule has 0 bridgehead atoms. The molecule has 0 spiro atoms. The number of carbonyl (C=O) groups is 1. The zero-order valence-corrected chi connectivity index (χ0v) is 13.5. The van der Waals surface area contributed by atoms with Crippen LogP contribution in [0.1, 0.15) is 33.6 Å². The lowest BCUT2D eigenvalue weighted by molar-refractivity contribution is 0.0964. The molecule has 1 amide bonds. The fourth-order valence-electron chi connectivity index (χ4n) is 2.49. The highest BCUT2D eigenvalue weighted by Crippen LogP contribution is 2.27. The van der Waals surface area contributed by atoms with E-state index in [1.165, 1.54) is 19.3 Å². The number of aromatic nitrogens is 3. The summed E-state index contributed by atoms with van der Waals surface area (Å²) in [4.78, 5) is 16.3. The number of halogens is 2. The van der Waals surface area contributed by atoms with Crippen molar-refractivity contribution in [2.45, 2.75) is 20.3 Å². The Morgan fingerprint density at radius 1 is 1.21 bits per heavy atom. The van der Waals surface area contributed by atoms with Crippen LogP contribution in [0.4, 0.5) is 8.78 Å². The number of hydrogen-bond donors (Lipinski definition) is 1. The maximum Gasteiger partial charge on any atom is 0.280 e. The number of amides is 1.